The van der Waals surface area contributed by atoms with Gasteiger partial charge in [-0.15, -0.1) is 0 Å². The van der Waals surface area contributed by atoms with Crippen LogP contribution in [0.3, 0.4) is 0 Å². The van der Waals surface area contributed by atoms with E-state index in [-0.39, 0.29) is 27.4 Å². The number of unbranched alkanes of at least 4 members (excludes halogenated alkanes) is 5. The molecule has 1 unspecified atom stereocenters. The van der Waals surface area contributed by atoms with Crippen molar-refractivity contribution < 1.29 is 17.2 Å². The van der Waals surface area contributed by atoms with Crippen molar-refractivity contribution in [3.8, 4) is 0 Å². The van der Waals surface area contributed by atoms with Crippen LogP contribution in [0.5, 0.6) is 0 Å². The molecule has 0 aromatic carbocycles. The molecular weight excluding hydrogens is 318 g/mol. The highest BCUT2D eigenvalue weighted by Crippen LogP contribution is 2.04. The van der Waals surface area contributed by atoms with Crippen LogP contribution in [0.2, 0.25) is 0 Å². The lowest BCUT2D eigenvalue weighted by atomic mass is 10.1. The molecule has 25 heavy (non-hydrogen) atoms. The monoisotopic (exact) mass is 361 g/mol. The Morgan fingerprint density at radius 1 is 0.960 bits per heavy atom. The van der Waals surface area contributed by atoms with Gasteiger partial charge in [0.05, 0.1) is 12.6 Å². The highest BCUT2D eigenvalue weighted by molar-refractivity contribution is 5.78. The molecule has 0 rings (SSSR count). The van der Waals surface area contributed by atoms with Crippen molar-refractivity contribution in [2.75, 3.05) is 39.8 Å². The molecule has 1 atom stereocenters. The highest BCUT2D eigenvalue weighted by Gasteiger charge is 2.04. The summed E-state index contributed by atoms with van der Waals surface area (Å²) >= 11 is 0. The van der Waals surface area contributed by atoms with E-state index in [0.29, 0.717) is 6.54 Å². The molecule has 0 saturated carbocycles. The van der Waals surface area contributed by atoms with Gasteiger partial charge in [-0.1, -0.05) is 39.5 Å². The van der Waals surface area contributed by atoms with E-state index in [9.17, 15) is 9.59 Å². The molecule has 2 N–H and O–H groups in total. The SMILES string of the molecule is CCC(C)OCC(=O)NCCCCCCCCNC(=O)CN(C)CC.[HH].[HH]. The van der Waals surface area contributed by atoms with E-state index in [1.807, 2.05) is 32.7 Å². The zero-order valence-corrected chi connectivity index (χ0v) is 16.7. The van der Waals surface area contributed by atoms with Gasteiger partial charge in [-0.05, 0) is 39.8 Å². The quantitative estimate of drug-likeness (QED) is 0.415. The van der Waals surface area contributed by atoms with Crippen molar-refractivity contribution in [1.29, 1.82) is 0 Å². The minimum Gasteiger partial charge on any atom is -0.369 e. The predicted molar refractivity (Wildman–Crippen MR) is 107 cm³/mol. The molecule has 6 nitrogen and oxygen atoms in total. The second-order valence-electron chi connectivity index (χ2n) is 6.68. The Bertz CT molecular complexity index is 361. The van der Waals surface area contributed by atoms with Crippen molar-refractivity contribution in [3.63, 3.8) is 0 Å². The Labute approximate surface area is 157 Å². The topological polar surface area (TPSA) is 70.7 Å². The first-order chi connectivity index (χ1) is 12.0. The molecule has 152 valence electrons. The van der Waals surface area contributed by atoms with Gasteiger partial charge in [-0.25, -0.2) is 0 Å². The summed E-state index contributed by atoms with van der Waals surface area (Å²) in [6, 6.07) is 0. The van der Waals surface area contributed by atoms with Crippen LogP contribution in [-0.4, -0.2) is 62.7 Å². The second kappa shape index (κ2) is 16.3. The minimum atomic E-state index is -0.0234. The number of rotatable bonds is 16. The number of amides is 2. The van der Waals surface area contributed by atoms with Crippen LogP contribution >= 0.6 is 0 Å². The zero-order valence-electron chi connectivity index (χ0n) is 16.7. The summed E-state index contributed by atoms with van der Waals surface area (Å²) in [6.45, 7) is 9.08. The molecule has 0 aromatic rings. The zero-order chi connectivity index (χ0) is 18.9. The van der Waals surface area contributed by atoms with Crippen LogP contribution in [0.15, 0.2) is 0 Å². The third-order valence-corrected chi connectivity index (χ3v) is 4.28. The molecule has 0 fully saturated rings. The maximum Gasteiger partial charge on any atom is 0.246 e. The first-order valence-electron chi connectivity index (χ1n) is 9.83. The van der Waals surface area contributed by atoms with Crippen LogP contribution < -0.4 is 10.6 Å². The molecule has 0 aliphatic carbocycles. The largest absolute Gasteiger partial charge is 0.369 e. The van der Waals surface area contributed by atoms with E-state index in [2.05, 4.69) is 10.6 Å². The smallest absolute Gasteiger partial charge is 0.246 e. The number of carbonyl (C=O) groups excluding carboxylic acids is 2. The normalized spacial score (nSPS) is 12.2. The van der Waals surface area contributed by atoms with Crippen LogP contribution in [0.1, 0.15) is 68.6 Å². The lowest BCUT2D eigenvalue weighted by molar-refractivity contribution is -0.127. The first-order valence-corrected chi connectivity index (χ1v) is 9.83. The van der Waals surface area contributed by atoms with E-state index in [1.54, 1.807) is 0 Å². The number of nitrogens with zero attached hydrogens (tertiary/aromatic N) is 1. The summed E-state index contributed by atoms with van der Waals surface area (Å²) in [5.74, 6) is 0.0853. The number of hydrogen-bond acceptors (Lipinski definition) is 4. The van der Waals surface area contributed by atoms with Crippen LogP contribution in [0, 0.1) is 0 Å². The molecule has 0 aliphatic rings. The molecule has 0 saturated heterocycles. The van der Waals surface area contributed by atoms with Crippen LogP contribution in [0.25, 0.3) is 0 Å². The molecule has 0 bridgehead atoms. The molecule has 0 radical (unpaired) electrons. The Morgan fingerprint density at radius 3 is 2.00 bits per heavy atom. The van der Waals surface area contributed by atoms with E-state index in [4.69, 9.17) is 4.74 Å². The van der Waals surface area contributed by atoms with Gasteiger partial charge in [0.1, 0.15) is 6.61 Å². The first kappa shape index (κ1) is 23.9. The highest BCUT2D eigenvalue weighted by atomic mass is 16.5. The maximum absolute atomic E-state index is 11.6. The van der Waals surface area contributed by atoms with Crippen molar-refractivity contribution in [2.24, 2.45) is 0 Å². The van der Waals surface area contributed by atoms with Gasteiger partial charge in [-0.3, -0.25) is 14.5 Å². The number of hydrogen-bond donors (Lipinski definition) is 2. The molecule has 2 amide bonds. The summed E-state index contributed by atoms with van der Waals surface area (Å²) in [7, 11) is 1.95. The Morgan fingerprint density at radius 2 is 1.48 bits per heavy atom. The third kappa shape index (κ3) is 16.1. The number of ether oxygens (including phenoxy) is 1. The van der Waals surface area contributed by atoms with Crippen molar-refractivity contribution in [1.82, 2.24) is 15.5 Å². The summed E-state index contributed by atoms with van der Waals surface area (Å²) in [6.07, 6.45) is 7.72. The molecule has 6 heteroatoms. The molecule has 0 spiro atoms. The van der Waals surface area contributed by atoms with Crippen LogP contribution in [0.4, 0.5) is 0 Å². The molecular formula is C19H43N3O3. The fraction of sp³-hybridized carbons (Fsp3) is 0.895. The fourth-order valence-electron chi connectivity index (χ4n) is 2.21. The summed E-state index contributed by atoms with van der Waals surface area (Å²) in [5, 5.41) is 5.85. The predicted octanol–water partition coefficient (Wildman–Crippen LogP) is 2.82. The number of nitrogens with one attached hydrogen (secondary N) is 2. The number of likely N-dealkylation sites (N-methyl/N-ethyl adjacent to an activating group) is 1. The summed E-state index contributed by atoms with van der Waals surface area (Å²) in [5.41, 5.74) is 0. The standard InChI is InChI=1S/C19H39N3O3.2H2/c1-5-17(3)25-16-19(24)21-14-12-10-8-7-9-11-13-20-18(23)15-22(4)6-2;;/h17H,5-16H2,1-4H3,(H,20,23)(H,21,24);2*1H. The van der Waals surface area contributed by atoms with Gasteiger partial charge >= 0.3 is 0 Å². The summed E-state index contributed by atoms with van der Waals surface area (Å²) in [4.78, 5) is 25.1. The third-order valence-electron chi connectivity index (χ3n) is 4.28. The van der Waals surface area contributed by atoms with Gasteiger partial charge in [-0.2, -0.15) is 0 Å². The van der Waals surface area contributed by atoms with E-state index < -0.39 is 0 Å². The second-order valence-corrected chi connectivity index (χ2v) is 6.68. The Hall–Kier alpha value is -1.14. The van der Waals surface area contributed by atoms with Crippen LogP contribution in [-0.2, 0) is 14.3 Å². The van der Waals surface area contributed by atoms with E-state index >= 15 is 0 Å². The molecule has 0 heterocycles. The lowest BCUT2D eigenvalue weighted by Crippen LogP contribution is -2.35. The average Bonchev–Trinajstić information content (AvgIpc) is 2.60. The molecule has 0 aliphatic heterocycles. The van der Waals surface area contributed by atoms with E-state index in [0.717, 1.165) is 51.7 Å². The Kier molecular flexibility index (Phi) is 15.6. The van der Waals surface area contributed by atoms with E-state index in [1.165, 1.54) is 12.8 Å². The molecule has 0 aromatic heterocycles. The van der Waals surface area contributed by atoms with Crippen molar-refractivity contribution >= 4 is 11.8 Å². The minimum absolute atomic E-state index is 0. The number of carbonyl (C=O) groups is 2. The van der Waals surface area contributed by atoms with Gasteiger partial charge in [0, 0.05) is 15.9 Å². The average molecular weight is 362 g/mol. The van der Waals surface area contributed by atoms with Gasteiger partial charge in [0.25, 0.3) is 0 Å². The summed E-state index contributed by atoms with van der Waals surface area (Å²) < 4.78 is 5.39. The fourth-order valence-corrected chi connectivity index (χ4v) is 2.21. The van der Waals surface area contributed by atoms with Gasteiger partial charge in [0.2, 0.25) is 11.8 Å². The van der Waals surface area contributed by atoms with Crippen molar-refractivity contribution in [3.05, 3.63) is 0 Å². The van der Waals surface area contributed by atoms with Gasteiger partial charge < -0.3 is 15.4 Å². The Balaban J connectivity index is -0.00000288. The van der Waals surface area contributed by atoms with Gasteiger partial charge in [0.15, 0.2) is 0 Å². The maximum atomic E-state index is 11.6. The lowest BCUT2D eigenvalue weighted by Gasteiger charge is -2.13. The van der Waals surface area contributed by atoms with Crippen molar-refractivity contribution in [2.45, 2.75) is 71.8 Å².